The third-order valence-corrected chi connectivity index (χ3v) is 4.55. The highest BCUT2D eigenvalue weighted by Crippen LogP contribution is 2.18. The first-order valence-corrected chi connectivity index (χ1v) is 7.77. The van der Waals surface area contributed by atoms with Crippen LogP contribution in [0.2, 0.25) is 0 Å². The molecule has 3 rings (SSSR count). The van der Waals surface area contributed by atoms with E-state index in [0.29, 0.717) is 0 Å². The lowest BCUT2D eigenvalue weighted by Crippen LogP contribution is -2.55. The number of hydrogen-bond donors (Lipinski definition) is 1. The molecule has 0 aromatic carbocycles. The summed E-state index contributed by atoms with van der Waals surface area (Å²) in [5.74, 6) is 1.01. The molecule has 2 aromatic rings. The monoisotopic (exact) mass is 288 g/mol. The molecular weight excluding hydrogens is 262 g/mol. The van der Waals surface area contributed by atoms with Crippen molar-refractivity contribution in [3.63, 3.8) is 0 Å². The van der Waals surface area contributed by atoms with Gasteiger partial charge in [0.05, 0.1) is 32.7 Å². The highest BCUT2D eigenvalue weighted by molar-refractivity contribution is 5.64. The van der Waals surface area contributed by atoms with Crippen molar-refractivity contribution in [2.24, 2.45) is 0 Å². The largest absolute Gasteiger partial charge is 0.367 e. The summed E-state index contributed by atoms with van der Waals surface area (Å²) in [5, 5.41) is 8.09. The lowest BCUT2D eigenvalue weighted by molar-refractivity contribution is -0.894. The number of piperazine rings is 1. The number of rotatable bonds is 4. The van der Waals surface area contributed by atoms with E-state index in [9.17, 15) is 0 Å². The van der Waals surface area contributed by atoms with Gasteiger partial charge in [-0.15, -0.1) is 0 Å². The molecule has 0 atom stereocenters. The molecule has 1 aliphatic rings. The minimum atomic E-state index is 0.956. The number of likely N-dealkylation sites (N-methyl/N-ethyl adjacent to an activating group) is 1. The quantitative estimate of drug-likeness (QED) is 0.864. The van der Waals surface area contributed by atoms with Crippen LogP contribution in [0.5, 0.6) is 0 Å². The number of anilines is 1. The summed E-state index contributed by atoms with van der Waals surface area (Å²) in [4.78, 5) is 2.54. The van der Waals surface area contributed by atoms with Crippen molar-refractivity contribution in [2.45, 2.75) is 6.92 Å². The third kappa shape index (κ3) is 3.19. The van der Waals surface area contributed by atoms with Gasteiger partial charge < -0.3 is 9.80 Å². The van der Waals surface area contributed by atoms with Gasteiger partial charge in [-0.1, -0.05) is 6.07 Å². The minimum Gasteiger partial charge on any atom is -0.367 e. The van der Waals surface area contributed by atoms with Gasteiger partial charge in [-0.2, -0.15) is 5.10 Å². The number of nitrogens with zero attached hydrogens (tertiary/aromatic N) is 4. The zero-order valence-electron chi connectivity index (χ0n) is 13.3. The van der Waals surface area contributed by atoms with Crippen LogP contribution in [0.1, 0.15) is 5.56 Å². The Labute approximate surface area is 126 Å². The van der Waals surface area contributed by atoms with E-state index in [4.69, 9.17) is 0 Å². The lowest BCUT2D eigenvalue weighted by atomic mass is 10.2. The van der Waals surface area contributed by atoms with Gasteiger partial charge in [0.2, 0.25) is 0 Å². The Hall–Kier alpha value is -1.59. The molecule has 1 fully saturated rings. The molecule has 2 aromatic heterocycles. The average Bonchev–Trinajstić information content (AvgIpc) is 2.78. The Morgan fingerprint density at radius 3 is 2.71 bits per heavy atom. The van der Waals surface area contributed by atoms with Crippen LogP contribution >= 0.6 is 0 Å². The van der Waals surface area contributed by atoms with E-state index in [0.717, 1.165) is 23.4 Å². The summed E-state index contributed by atoms with van der Waals surface area (Å²) >= 11 is 0. The molecule has 0 spiro atoms. The summed E-state index contributed by atoms with van der Waals surface area (Å²) in [6, 6.07) is 6.18. The van der Waals surface area contributed by atoms with Crippen LogP contribution < -0.4 is 5.32 Å². The van der Waals surface area contributed by atoms with Gasteiger partial charge in [0.15, 0.2) is 5.82 Å². The van der Waals surface area contributed by atoms with Crippen molar-refractivity contribution in [1.29, 1.82) is 0 Å². The molecular formula is C16H26N5+. The number of hydrogen-bond acceptors (Lipinski definition) is 3. The van der Waals surface area contributed by atoms with Gasteiger partial charge in [0, 0.05) is 37.9 Å². The number of quaternary nitrogens is 1. The van der Waals surface area contributed by atoms with Crippen molar-refractivity contribution in [1.82, 2.24) is 14.5 Å². The van der Waals surface area contributed by atoms with Gasteiger partial charge >= 0.3 is 0 Å². The zero-order valence-corrected chi connectivity index (χ0v) is 13.3. The van der Waals surface area contributed by atoms with Crippen LogP contribution in [0.25, 0.3) is 5.52 Å². The summed E-state index contributed by atoms with van der Waals surface area (Å²) in [7, 11) is 4.63. The van der Waals surface area contributed by atoms with E-state index >= 15 is 0 Å². The van der Waals surface area contributed by atoms with Crippen LogP contribution in [0, 0.1) is 6.92 Å². The summed E-state index contributed by atoms with van der Waals surface area (Å²) in [5.41, 5.74) is 2.41. The standard InChI is InChI=1S/C16H26N5/c1-14-15-6-4-5-8-20(15)18-16(14)17-7-9-19-10-12-21(2,3)13-11-19/h4-6,8H,7,9-13H2,1-3H3,(H,17,18)/q+1. The van der Waals surface area contributed by atoms with Gasteiger partial charge in [0.25, 0.3) is 0 Å². The second-order valence-electron chi connectivity index (χ2n) is 6.66. The third-order valence-electron chi connectivity index (χ3n) is 4.55. The van der Waals surface area contributed by atoms with E-state index in [-0.39, 0.29) is 0 Å². The Balaban J connectivity index is 1.54. The van der Waals surface area contributed by atoms with Crippen molar-refractivity contribution < 1.29 is 4.48 Å². The number of fused-ring (bicyclic) bond motifs is 1. The summed E-state index contributed by atoms with van der Waals surface area (Å²) in [6.07, 6.45) is 2.00. The first kappa shape index (κ1) is 14.4. The molecule has 0 saturated carbocycles. The Morgan fingerprint density at radius 1 is 1.24 bits per heavy atom. The fourth-order valence-electron chi connectivity index (χ4n) is 2.89. The molecule has 21 heavy (non-hydrogen) atoms. The number of nitrogens with one attached hydrogen (secondary N) is 1. The maximum atomic E-state index is 4.60. The topological polar surface area (TPSA) is 32.6 Å². The molecule has 0 unspecified atom stereocenters. The maximum Gasteiger partial charge on any atom is 0.152 e. The first-order valence-electron chi connectivity index (χ1n) is 7.77. The normalized spacial score (nSPS) is 19.0. The van der Waals surface area contributed by atoms with E-state index in [2.05, 4.69) is 48.5 Å². The number of aromatic nitrogens is 2. The van der Waals surface area contributed by atoms with E-state index < -0.39 is 0 Å². The molecule has 5 heteroatoms. The minimum absolute atomic E-state index is 0.956. The van der Waals surface area contributed by atoms with Crippen molar-refractivity contribution in [3.8, 4) is 0 Å². The maximum absolute atomic E-state index is 4.60. The van der Waals surface area contributed by atoms with Crippen LogP contribution in [0.4, 0.5) is 5.82 Å². The molecule has 0 bridgehead atoms. The summed E-state index contributed by atoms with van der Waals surface area (Å²) < 4.78 is 3.09. The lowest BCUT2D eigenvalue weighted by Gasteiger charge is -2.39. The van der Waals surface area contributed by atoms with Gasteiger partial charge in [-0.05, 0) is 19.1 Å². The zero-order chi connectivity index (χ0) is 14.9. The highest BCUT2D eigenvalue weighted by Gasteiger charge is 2.23. The molecule has 0 amide bonds. The smallest absolute Gasteiger partial charge is 0.152 e. The number of aryl methyl sites for hydroxylation is 1. The Bertz CT molecular complexity index is 606. The average molecular weight is 288 g/mol. The van der Waals surface area contributed by atoms with E-state index in [1.807, 2.05) is 16.8 Å². The van der Waals surface area contributed by atoms with Crippen LogP contribution in [-0.2, 0) is 0 Å². The predicted molar refractivity (Wildman–Crippen MR) is 86.7 cm³/mol. The SMILES string of the molecule is Cc1c(NCCN2CC[N+](C)(C)CC2)nn2ccccc12. The molecule has 1 N–H and O–H groups in total. The molecule has 1 saturated heterocycles. The van der Waals surface area contributed by atoms with Crippen LogP contribution in [0.15, 0.2) is 24.4 Å². The van der Waals surface area contributed by atoms with Crippen molar-refractivity contribution in [3.05, 3.63) is 30.0 Å². The molecule has 0 aliphatic carbocycles. The Kier molecular flexibility index (Phi) is 3.87. The van der Waals surface area contributed by atoms with Gasteiger partial charge in [0.1, 0.15) is 0 Å². The second-order valence-corrected chi connectivity index (χ2v) is 6.66. The van der Waals surface area contributed by atoms with Crippen LogP contribution in [0.3, 0.4) is 0 Å². The highest BCUT2D eigenvalue weighted by atomic mass is 15.4. The predicted octanol–water partition coefficient (Wildman–Crippen LogP) is 1.45. The van der Waals surface area contributed by atoms with E-state index in [1.54, 1.807) is 0 Å². The summed E-state index contributed by atoms with van der Waals surface area (Å²) in [6.45, 7) is 9.05. The number of pyridine rings is 1. The molecule has 5 nitrogen and oxygen atoms in total. The van der Waals surface area contributed by atoms with Crippen molar-refractivity contribution >= 4 is 11.3 Å². The van der Waals surface area contributed by atoms with Gasteiger partial charge in [-0.25, -0.2) is 4.52 Å². The molecule has 1 aliphatic heterocycles. The second kappa shape index (κ2) is 5.66. The molecule has 3 heterocycles. The first-order chi connectivity index (χ1) is 10.1. The fourth-order valence-corrected chi connectivity index (χ4v) is 2.89. The van der Waals surface area contributed by atoms with Crippen molar-refractivity contribution in [2.75, 3.05) is 58.7 Å². The van der Waals surface area contributed by atoms with Gasteiger partial charge in [-0.3, -0.25) is 4.90 Å². The molecule has 0 radical (unpaired) electrons. The molecule has 114 valence electrons. The Morgan fingerprint density at radius 2 is 2.00 bits per heavy atom. The van der Waals surface area contributed by atoms with E-state index in [1.165, 1.54) is 37.3 Å². The fraction of sp³-hybridized carbons (Fsp3) is 0.562. The van der Waals surface area contributed by atoms with Crippen LogP contribution in [-0.4, -0.2) is 72.4 Å².